The molecule has 1 aromatic heterocycles. The van der Waals surface area contributed by atoms with Crippen LogP contribution in [0.15, 0.2) is 24.4 Å². The molecule has 0 aliphatic heterocycles. The highest BCUT2D eigenvalue weighted by Gasteiger charge is 2.06. The molecule has 0 aliphatic carbocycles. The molecule has 1 heterocycles. The number of carbonyl (C=O) groups excluding carboxylic acids is 1. The van der Waals surface area contributed by atoms with Crippen LogP contribution in [0.4, 0.5) is 4.79 Å². The van der Waals surface area contributed by atoms with Gasteiger partial charge in [-0.2, -0.15) is 0 Å². The van der Waals surface area contributed by atoms with Crippen LogP contribution in [0.25, 0.3) is 5.69 Å². The number of halogens is 1. The van der Waals surface area contributed by atoms with Crippen molar-refractivity contribution in [2.45, 2.75) is 13.5 Å². The molecule has 7 heteroatoms. The predicted molar refractivity (Wildman–Crippen MR) is 72.4 cm³/mol. The first-order valence-electron chi connectivity index (χ1n) is 5.73. The highest BCUT2D eigenvalue weighted by Crippen LogP contribution is 2.18. The number of urea groups is 1. The molecule has 2 rings (SSSR count). The van der Waals surface area contributed by atoms with E-state index in [1.165, 1.54) is 0 Å². The summed E-state index contributed by atoms with van der Waals surface area (Å²) in [7, 11) is 1.56. The van der Waals surface area contributed by atoms with E-state index in [0.29, 0.717) is 17.3 Å². The lowest BCUT2D eigenvalue weighted by Gasteiger charge is -2.04. The topological polar surface area (TPSA) is 71.8 Å². The van der Waals surface area contributed by atoms with Crippen molar-refractivity contribution in [3.8, 4) is 5.69 Å². The Labute approximate surface area is 115 Å². The summed E-state index contributed by atoms with van der Waals surface area (Å²) in [6, 6.07) is 5.29. The number of nitrogens with one attached hydrogen (secondary N) is 2. The molecule has 0 bridgehead atoms. The summed E-state index contributed by atoms with van der Waals surface area (Å²) < 4.78 is 1.66. The smallest absolute Gasteiger partial charge is 0.314 e. The molecule has 0 spiro atoms. The van der Waals surface area contributed by atoms with Gasteiger partial charge in [0.25, 0.3) is 0 Å². The van der Waals surface area contributed by atoms with Crippen molar-refractivity contribution < 1.29 is 4.79 Å². The molecular weight excluding hydrogens is 266 g/mol. The quantitative estimate of drug-likeness (QED) is 0.897. The van der Waals surface area contributed by atoms with Crippen LogP contribution in [-0.4, -0.2) is 28.1 Å². The molecule has 6 nitrogen and oxygen atoms in total. The Morgan fingerprint density at radius 1 is 1.47 bits per heavy atom. The van der Waals surface area contributed by atoms with Crippen LogP contribution in [0.3, 0.4) is 0 Å². The van der Waals surface area contributed by atoms with E-state index >= 15 is 0 Å². The van der Waals surface area contributed by atoms with Gasteiger partial charge in [0, 0.05) is 12.1 Å². The van der Waals surface area contributed by atoms with Crippen LogP contribution >= 0.6 is 11.6 Å². The minimum absolute atomic E-state index is 0.253. The Morgan fingerprint density at radius 3 is 2.95 bits per heavy atom. The van der Waals surface area contributed by atoms with Crippen LogP contribution in [0, 0.1) is 6.92 Å². The van der Waals surface area contributed by atoms with Gasteiger partial charge in [-0.1, -0.05) is 16.8 Å². The first kappa shape index (κ1) is 13.4. The molecule has 0 atom stereocenters. The van der Waals surface area contributed by atoms with Gasteiger partial charge in [0.2, 0.25) is 0 Å². The molecule has 2 amide bonds. The fourth-order valence-corrected chi connectivity index (χ4v) is 1.86. The number of nitrogens with zero attached hydrogens (tertiary/aromatic N) is 3. The minimum atomic E-state index is -0.253. The van der Waals surface area contributed by atoms with E-state index in [-0.39, 0.29) is 6.03 Å². The third-order valence-corrected chi connectivity index (χ3v) is 2.84. The van der Waals surface area contributed by atoms with Gasteiger partial charge in [0.15, 0.2) is 0 Å². The van der Waals surface area contributed by atoms with Gasteiger partial charge >= 0.3 is 6.03 Å². The molecule has 0 radical (unpaired) electrons. The Hall–Kier alpha value is -2.08. The third-order valence-electron chi connectivity index (χ3n) is 2.60. The fourth-order valence-electron chi connectivity index (χ4n) is 1.63. The average Bonchev–Trinajstić information content (AvgIpc) is 2.84. The maximum absolute atomic E-state index is 11.1. The molecule has 0 saturated carbocycles. The lowest BCUT2D eigenvalue weighted by atomic mass is 10.2. The van der Waals surface area contributed by atoms with E-state index in [1.807, 2.05) is 19.1 Å². The normalized spacial score (nSPS) is 10.3. The molecule has 0 unspecified atom stereocenters. The van der Waals surface area contributed by atoms with Gasteiger partial charge < -0.3 is 10.6 Å². The number of hydrogen-bond acceptors (Lipinski definition) is 3. The number of amides is 2. The van der Waals surface area contributed by atoms with Crippen LogP contribution in [0.5, 0.6) is 0 Å². The van der Waals surface area contributed by atoms with E-state index in [9.17, 15) is 4.79 Å². The molecule has 0 saturated heterocycles. The highest BCUT2D eigenvalue weighted by atomic mass is 35.5. The Kier molecular flexibility index (Phi) is 4.01. The fraction of sp³-hybridized carbons (Fsp3) is 0.250. The second-order valence-corrected chi connectivity index (χ2v) is 4.45. The van der Waals surface area contributed by atoms with E-state index in [0.717, 1.165) is 11.3 Å². The zero-order chi connectivity index (χ0) is 13.8. The summed E-state index contributed by atoms with van der Waals surface area (Å²) in [6.07, 6.45) is 1.77. The number of hydrogen-bond donors (Lipinski definition) is 2. The summed E-state index contributed by atoms with van der Waals surface area (Å²) in [5, 5.41) is 13.8. The van der Waals surface area contributed by atoms with Crippen molar-refractivity contribution in [2.75, 3.05) is 7.05 Å². The molecule has 1 aromatic carbocycles. The molecule has 2 N–H and O–H groups in total. The second kappa shape index (κ2) is 5.71. The predicted octanol–water partition coefficient (Wildman–Crippen LogP) is 1.66. The summed E-state index contributed by atoms with van der Waals surface area (Å²) >= 11 is 5.91. The Balaban J connectivity index is 2.14. The number of carbonyl (C=O) groups is 1. The minimum Gasteiger partial charge on any atom is -0.341 e. The highest BCUT2D eigenvalue weighted by molar-refractivity contribution is 6.30. The van der Waals surface area contributed by atoms with Crippen molar-refractivity contribution in [1.29, 1.82) is 0 Å². The van der Waals surface area contributed by atoms with Crippen LogP contribution in [-0.2, 0) is 6.54 Å². The SMILES string of the molecule is CNC(=O)NCc1cn(-c2ccc(Cl)cc2C)nn1. The van der Waals surface area contributed by atoms with Crippen molar-refractivity contribution in [1.82, 2.24) is 25.6 Å². The second-order valence-electron chi connectivity index (χ2n) is 4.02. The Morgan fingerprint density at radius 2 is 2.26 bits per heavy atom. The lowest BCUT2D eigenvalue weighted by molar-refractivity contribution is 0.242. The third kappa shape index (κ3) is 3.23. The van der Waals surface area contributed by atoms with E-state index in [1.54, 1.807) is 24.0 Å². The van der Waals surface area contributed by atoms with Gasteiger partial charge in [-0.05, 0) is 30.7 Å². The lowest BCUT2D eigenvalue weighted by Crippen LogP contribution is -2.32. The molecular formula is C12H14ClN5O. The van der Waals surface area contributed by atoms with E-state index in [4.69, 9.17) is 11.6 Å². The first-order chi connectivity index (χ1) is 9.10. The zero-order valence-corrected chi connectivity index (χ0v) is 11.4. The summed E-state index contributed by atoms with van der Waals surface area (Å²) in [6.45, 7) is 2.28. The largest absolute Gasteiger partial charge is 0.341 e. The van der Waals surface area contributed by atoms with Gasteiger partial charge in [-0.3, -0.25) is 0 Å². The van der Waals surface area contributed by atoms with Crippen LogP contribution in [0.2, 0.25) is 5.02 Å². The monoisotopic (exact) mass is 279 g/mol. The van der Waals surface area contributed by atoms with Gasteiger partial charge in [-0.25, -0.2) is 9.48 Å². The van der Waals surface area contributed by atoms with Crippen LogP contribution < -0.4 is 10.6 Å². The van der Waals surface area contributed by atoms with Crippen molar-refractivity contribution in [3.63, 3.8) is 0 Å². The average molecular weight is 280 g/mol. The van der Waals surface area contributed by atoms with E-state index in [2.05, 4.69) is 20.9 Å². The maximum atomic E-state index is 11.1. The van der Waals surface area contributed by atoms with Crippen molar-refractivity contribution in [2.24, 2.45) is 0 Å². The van der Waals surface area contributed by atoms with Crippen molar-refractivity contribution >= 4 is 17.6 Å². The molecule has 2 aromatic rings. The number of benzene rings is 1. The first-order valence-corrected chi connectivity index (χ1v) is 6.11. The number of aromatic nitrogens is 3. The van der Waals surface area contributed by atoms with Crippen LogP contribution in [0.1, 0.15) is 11.3 Å². The standard InChI is InChI=1S/C12H14ClN5O/c1-8-5-9(13)3-4-11(8)18-7-10(16-17-18)6-15-12(19)14-2/h3-5,7H,6H2,1-2H3,(H2,14,15,19). The summed E-state index contributed by atoms with van der Waals surface area (Å²) in [5.41, 5.74) is 2.59. The Bertz CT molecular complexity index is 596. The van der Waals surface area contributed by atoms with Gasteiger partial charge in [0.1, 0.15) is 5.69 Å². The number of aryl methyl sites for hydroxylation is 1. The number of rotatable bonds is 3. The maximum Gasteiger partial charge on any atom is 0.314 e. The molecule has 19 heavy (non-hydrogen) atoms. The van der Waals surface area contributed by atoms with Gasteiger partial charge in [0.05, 0.1) is 18.4 Å². The van der Waals surface area contributed by atoms with E-state index < -0.39 is 0 Å². The summed E-state index contributed by atoms with van der Waals surface area (Å²) in [4.78, 5) is 11.1. The van der Waals surface area contributed by atoms with Crippen molar-refractivity contribution in [3.05, 3.63) is 40.7 Å². The molecule has 100 valence electrons. The molecule has 0 fully saturated rings. The summed E-state index contributed by atoms with van der Waals surface area (Å²) in [5.74, 6) is 0. The zero-order valence-electron chi connectivity index (χ0n) is 10.6. The molecule has 0 aliphatic rings. The van der Waals surface area contributed by atoms with Gasteiger partial charge in [-0.15, -0.1) is 5.10 Å².